The van der Waals surface area contributed by atoms with E-state index in [-0.39, 0.29) is 6.04 Å². The summed E-state index contributed by atoms with van der Waals surface area (Å²) < 4.78 is 0.986. The standard InChI is InChI=1S/C12H18BrClN2/c1-3-8(2)4-12(16-15)9-5-10(13)7-11(14)6-9/h5-8,12,16H,3-4,15H2,1-2H3. The summed E-state index contributed by atoms with van der Waals surface area (Å²) in [7, 11) is 0. The van der Waals surface area contributed by atoms with E-state index in [0.29, 0.717) is 5.92 Å². The van der Waals surface area contributed by atoms with Crippen molar-refractivity contribution in [3.63, 3.8) is 0 Å². The SMILES string of the molecule is CCC(C)CC(NN)c1cc(Cl)cc(Br)c1. The van der Waals surface area contributed by atoms with Gasteiger partial charge >= 0.3 is 0 Å². The van der Waals surface area contributed by atoms with Gasteiger partial charge in [0.05, 0.1) is 0 Å². The number of hydrogen-bond acceptors (Lipinski definition) is 2. The molecule has 0 spiro atoms. The van der Waals surface area contributed by atoms with Gasteiger partial charge in [0.25, 0.3) is 0 Å². The third kappa shape index (κ3) is 4.06. The van der Waals surface area contributed by atoms with Crippen LogP contribution in [0.25, 0.3) is 0 Å². The van der Waals surface area contributed by atoms with Crippen molar-refractivity contribution in [1.82, 2.24) is 5.43 Å². The number of hydrogen-bond donors (Lipinski definition) is 2. The maximum atomic E-state index is 6.02. The molecule has 0 saturated carbocycles. The quantitative estimate of drug-likeness (QED) is 0.636. The number of hydrazine groups is 1. The average molecular weight is 306 g/mol. The number of benzene rings is 1. The number of nitrogens with two attached hydrogens (primary N) is 1. The van der Waals surface area contributed by atoms with E-state index < -0.39 is 0 Å². The van der Waals surface area contributed by atoms with Crippen LogP contribution in [-0.2, 0) is 0 Å². The molecule has 0 fully saturated rings. The average Bonchev–Trinajstić information content (AvgIpc) is 2.24. The molecule has 2 unspecified atom stereocenters. The van der Waals surface area contributed by atoms with Gasteiger partial charge in [-0.2, -0.15) is 0 Å². The summed E-state index contributed by atoms with van der Waals surface area (Å²) in [6.45, 7) is 4.41. The molecule has 1 aromatic rings. The lowest BCUT2D eigenvalue weighted by Crippen LogP contribution is -2.29. The van der Waals surface area contributed by atoms with Gasteiger partial charge in [0, 0.05) is 15.5 Å². The fourth-order valence-corrected chi connectivity index (χ4v) is 2.53. The highest BCUT2D eigenvalue weighted by Crippen LogP contribution is 2.27. The van der Waals surface area contributed by atoms with Crippen molar-refractivity contribution in [1.29, 1.82) is 0 Å². The summed E-state index contributed by atoms with van der Waals surface area (Å²) in [5, 5.41) is 0.730. The van der Waals surface area contributed by atoms with Crippen LogP contribution in [0.3, 0.4) is 0 Å². The lowest BCUT2D eigenvalue weighted by Gasteiger charge is -2.20. The van der Waals surface area contributed by atoms with Gasteiger partial charge in [-0.15, -0.1) is 0 Å². The maximum absolute atomic E-state index is 6.02. The lowest BCUT2D eigenvalue weighted by atomic mass is 9.95. The van der Waals surface area contributed by atoms with Crippen LogP contribution >= 0.6 is 27.5 Å². The maximum Gasteiger partial charge on any atom is 0.0463 e. The van der Waals surface area contributed by atoms with Gasteiger partial charge in [0.1, 0.15) is 0 Å². The highest BCUT2D eigenvalue weighted by atomic mass is 79.9. The van der Waals surface area contributed by atoms with Crippen LogP contribution in [0, 0.1) is 5.92 Å². The molecular formula is C12H18BrClN2. The Morgan fingerprint density at radius 2 is 2.12 bits per heavy atom. The Labute approximate surface area is 111 Å². The van der Waals surface area contributed by atoms with E-state index in [1.807, 2.05) is 12.1 Å². The third-order valence-corrected chi connectivity index (χ3v) is 3.50. The smallest absolute Gasteiger partial charge is 0.0463 e. The van der Waals surface area contributed by atoms with Gasteiger partial charge in [-0.1, -0.05) is 47.8 Å². The molecule has 0 radical (unpaired) electrons. The van der Waals surface area contributed by atoms with E-state index in [9.17, 15) is 0 Å². The minimum Gasteiger partial charge on any atom is -0.271 e. The highest BCUT2D eigenvalue weighted by Gasteiger charge is 2.14. The van der Waals surface area contributed by atoms with Crippen molar-refractivity contribution in [3.05, 3.63) is 33.3 Å². The van der Waals surface area contributed by atoms with Gasteiger partial charge < -0.3 is 0 Å². The highest BCUT2D eigenvalue weighted by molar-refractivity contribution is 9.10. The Morgan fingerprint density at radius 1 is 1.44 bits per heavy atom. The molecule has 3 N–H and O–H groups in total. The van der Waals surface area contributed by atoms with Crippen LogP contribution < -0.4 is 11.3 Å². The van der Waals surface area contributed by atoms with E-state index in [1.54, 1.807) is 0 Å². The normalized spacial score (nSPS) is 14.8. The zero-order chi connectivity index (χ0) is 12.1. The van der Waals surface area contributed by atoms with Crippen molar-refractivity contribution in [2.24, 2.45) is 11.8 Å². The van der Waals surface area contributed by atoms with Crippen molar-refractivity contribution >= 4 is 27.5 Å². The summed E-state index contributed by atoms with van der Waals surface area (Å²) in [5.74, 6) is 6.24. The summed E-state index contributed by atoms with van der Waals surface area (Å²) in [6.07, 6.45) is 2.17. The summed E-state index contributed by atoms with van der Waals surface area (Å²) >= 11 is 9.46. The van der Waals surface area contributed by atoms with Crippen molar-refractivity contribution in [2.75, 3.05) is 0 Å². The number of nitrogens with one attached hydrogen (secondary N) is 1. The molecular weight excluding hydrogens is 288 g/mol. The van der Waals surface area contributed by atoms with Crippen LogP contribution in [0.4, 0.5) is 0 Å². The second-order valence-electron chi connectivity index (χ2n) is 4.17. The predicted molar refractivity (Wildman–Crippen MR) is 73.3 cm³/mol. The van der Waals surface area contributed by atoms with E-state index >= 15 is 0 Å². The molecule has 90 valence electrons. The van der Waals surface area contributed by atoms with Crippen molar-refractivity contribution in [2.45, 2.75) is 32.7 Å². The van der Waals surface area contributed by atoms with Crippen LogP contribution in [-0.4, -0.2) is 0 Å². The van der Waals surface area contributed by atoms with Gasteiger partial charge in [0.15, 0.2) is 0 Å². The van der Waals surface area contributed by atoms with Crippen molar-refractivity contribution in [3.8, 4) is 0 Å². The van der Waals surface area contributed by atoms with Gasteiger partial charge in [-0.05, 0) is 36.1 Å². The molecule has 2 nitrogen and oxygen atoms in total. The zero-order valence-electron chi connectivity index (χ0n) is 9.63. The number of rotatable bonds is 5. The first-order valence-corrected chi connectivity index (χ1v) is 6.66. The van der Waals surface area contributed by atoms with Crippen LogP contribution in [0.5, 0.6) is 0 Å². The first-order chi connectivity index (χ1) is 7.56. The Balaban J connectivity index is 2.86. The molecule has 0 saturated heterocycles. The van der Waals surface area contributed by atoms with E-state index in [1.165, 1.54) is 0 Å². The molecule has 0 amide bonds. The largest absolute Gasteiger partial charge is 0.271 e. The molecule has 0 bridgehead atoms. The molecule has 4 heteroatoms. The molecule has 1 rings (SSSR count). The fraction of sp³-hybridized carbons (Fsp3) is 0.500. The van der Waals surface area contributed by atoms with Gasteiger partial charge in [-0.25, -0.2) is 0 Å². The zero-order valence-corrected chi connectivity index (χ0v) is 12.0. The molecule has 0 heterocycles. The summed E-state index contributed by atoms with van der Waals surface area (Å²) in [6, 6.07) is 6.05. The monoisotopic (exact) mass is 304 g/mol. The molecule has 16 heavy (non-hydrogen) atoms. The Bertz CT molecular complexity index is 324. The Hall–Kier alpha value is -0.0900. The molecule has 2 atom stereocenters. The second kappa shape index (κ2) is 6.60. The third-order valence-electron chi connectivity index (χ3n) is 2.82. The van der Waals surface area contributed by atoms with Crippen LogP contribution in [0.1, 0.15) is 38.3 Å². The number of halogens is 2. The minimum absolute atomic E-state index is 0.157. The molecule has 0 aliphatic carbocycles. The van der Waals surface area contributed by atoms with Crippen LogP contribution in [0.15, 0.2) is 22.7 Å². The second-order valence-corrected chi connectivity index (χ2v) is 5.52. The molecule has 0 aliphatic heterocycles. The topological polar surface area (TPSA) is 38.0 Å². The Kier molecular flexibility index (Phi) is 5.76. The van der Waals surface area contributed by atoms with Crippen molar-refractivity contribution < 1.29 is 0 Å². The first kappa shape index (κ1) is 14.0. The predicted octanol–water partition coefficient (Wildman–Crippen LogP) is 4.04. The molecule has 0 aromatic heterocycles. The molecule has 0 aliphatic rings. The molecule has 1 aromatic carbocycles. The summed E-state index contributed by atoms with van der Waals surface area (Å²) in [4.78, 5) is 0. The van der Waals surface area contributed by atoms with Gasteiger partial charge in [-0.3, -0.25) is 11.3 Å². The van der Waals surface area contributed by atoms with E-state index in [4.69, 9.17) is 17.4 Å². The van der Waals surface area contributed by atoms with E-state index in [0.717, 1.165) is 27.9 Å². The summed E-state index contributed by atoms with van der Waals surface area (Å²) in [5.41, 5.74) is 3.99. The van der Waals surface area contributed by atoms with E-state index in [2.05, 4.69) is 41.3 Å². The lowest BCUT2D eigenvalue weighted by molar-refractivity contribution is 0.408. The fourth-order valence-electron chi connectivity index (χ4n) is 1.65. The first-order valence-electron chi connectivity index (χ1n) is 5.49. The Morgan fingerprint density at radius 3 is 2.62 bits per heavy atom. The van der Waals surface area contributed by atoms with Crippen LogP contribution in [0.2, 0.25) is 5.02 Å². The minimum atomic E-state index is 0.157. The van der Waals surface area contributed by atoms with Gasteiger partial charge in [0.2, 0.25) is 0 Å².